The normalized spacial score (nSPS) is 14.3. The molecule has 1 saturated heterocycles. The van der Waals surface area contributed by atoms with Crippen LogP contribution < -0.4 is 10.2 Å². The molecule has 3 aromatic rings. The van der Waals surface area contributed by atoms with E-state index < -0.39 is 0 Å². The largest absolute Gasteiger partial charge is 0.411 e. The number of aromatic nitrogens is 2. The zero-order valence-corrected chi connectivity index (χ0v) is 19.9. The smallest absolute Gasteiger partial charge is 0.277 e. The lowest BCUT2D eigenvalue weighted by Gasteiger charge is -2.36. The van der Waals surface area contributed by atoms with Gasteiger partial charge in [0.2, 0.25) is 11.8 Å². The second-order valence-corrected chi connectivity index (χ2v) is 9.15. The van der Waals surface area contributed by atoms with Crippen LogP contribution in [-0.2, 0) is 4.79 Å². The minimum atomic E-state index is -0.115. The van der Waals surface area contributed by atoms with E-state index in [0.717, 1.165) is 54.1 Å². The molecule has 32 heavy (non-hydrogen) atoms. The molecular weight excluding hydrogens is 490 g/mol. The van der Waals surface area contributed by atoms with E-state index in [9.17, 15) is 4.79 Å². The van der Waals surface area contributed by atoms with Gasteiger partial charge >= 0.3 is 0 Å². The highest BCUT2D eigenvalue weighted by Crippen LogP contribution is 2.28. The van der Waals surface area contributed by atoms with Crippen molar-refractivity contribution in [1.82, 2.24) is 15.1 Å². The van der Waals surface area contributed by atoms with Crippen molar-refractivity contribution >= 4 is 45.0 Å². The van der Waals surface area contributed by atoms with Crippen molar-refractivity contribution in [2.75, 3.05) is 48.7 Å². The van der Waals surface area contributed by atoms with Crippen LogP contribution in [0.25, 0.3) is 11.5 Å². The van der Waals surface area contributed by atoms with Crippen molar-refractivity contribution in [3.63, 3.8) is 0 Å². The molecule has 2 aromatic carbocycles. The Morgan fingerprint density at radius 1 is 1.12 bits per heavy atom. The Kier molecular flexibility index (Phi) is 7.62. The third-order valence-corrected chi connectivity index (χ3v) is 6.45. The third kappa shape index (κ3) is 5.79. The van der Waals surface area contributed by atoms with Crippen LogP contribution in [0.5, 0.6) is 0 Å². The van der Waals surface area contributed by atoms with Gasteiger partial charge < -0.3 is 14.6 Å². The average molecular weight is 514 g/mol. The number of nitrogens with one attached hydrogen (secondary N) is 1. The lowest BCUT2D eigenvalue weighted by Crippen LogP contribution is -2.46. The number of benzene rings is 2. The molecule has 1 aliphatic rings. The number of anilines is 2. The Balaban J connectivity index is 1.33. The van der Waals surface area contributed by atoms with E-state index in [0.29, 0.717) is 11.1 Å². The summed E-state index contributed by atoms with van der Waals surface area (Å²) in [5.74, 6) is 0.501. The molecule has 0 saturated carbocycles. The molecule has 1 aliphatic heterocycles. The predicted molar refractivity (Wildman–Crippen MR) is 132 cm³/mol. The van der Waals surface area contributed by atoms with Crippen molar-refractivity contribution in [3.8, 4) is 11.5 Å². The number of halogens is 1. The van der Waals surface area contributed by atoms with Gasteiger partial charge in [0, 0.05) is 42.8 Å². The summed E-state index contributed by atoms with van der Waals surface area (Å²) in [6.45, 7) is 8.50. The number of para-hydroxylation sites is 2. The molecule has 2 heterocycles. The van der Waals surface area contributed by atoms with Crippen LogP contribution in [0.15, 0.2) is 75.3 Å². The number of thioether (sulfide) groups is 1. The van der Waals surface area contributed by atoms with Crippen molar-refractivity contribution < 1.29 is 9.21 Å². The van der Waals surface area contributed by atoms with Gasteiger partial charge in [-0.1, -0.05) is 45.9 Å². The van der Waals surface area contributed by atoms with E-state index in [4.69, 9.17) is 4.42 Å². The summed E-state index contributed by atoms with van der Waals surface area (Å²) in [5.41, 5.74) is 2.69. The van der Waals surface area contributed by atoms with Gasteiger partial charge in [0.15, 0.2) is 0 Å². The first-order valence-electron chi connectivity index (χ1n) is 10.3. The summed E-state index contributed by atoms with van der Waals surface area (Å²) < 4.78 is 6.66. The zero-order chi connectivity index (χ0) is 22.3. The van der Waals surface area contributed by atoms with Gasteiger partial charge in [-0.05, 0) is 36.4 Å². The molecule has 1 amide bonds. The second-order valence-electron chi connectivity index (χ2n) is 7.31. The Bertz CT molecular complexity index is 1060. The SMILES string of the molecule is C=CCN1CCN(c2ccccc2NC(=O)CSc2nnc(-c3ccc(Br)cc3)o2)CC1. The number of piperazine rings is 1. The zero-order valence-electron chi connectivity index (χ0n) is 17.5. The minimum absolute atomic E-state index is 0.115. The van der Waals surface area contributed by atoms with Crippen LogP contribution in [0.2, 0.25) is 0 Å². The van der Waals surface area contributed by atoms with E-state index in [-0.39, 0.29) is 11.7 Å². The summed E-state index contributed by atoms with van der Waals surface area (Å²) in [6, 6.07) is 15.5. The molecule has 0 bridgehead atoms. The number of rotatable bonds is 8. The van der Waals surface area contributed by atoms with Crippen LogP contribution >= 0.6 is 27.7 Å². The Morgan fingerprint density at radius 3 is 2.62 bits per heavy atom. The van der Waals surface area contributed by atoms with Gasteiger partial charge in [0.05, 0.1) is 17.1 Å². The number of hydrogen-bond donors (Lipinski definition) is 1. The first kappa shape index (κ1) is 22.6. The Labute approximate surface area is 200 Å². The maximum atomic E-state index is 12.6. The number of amides is 1. The van der Waals surface area contributed by atoms with Crippen molar-refractivity contribution in [2.45, 2.75) is 5.22 Å². The molecule has 166 valence electrons. The van der Waals surface area contributed by atoms with Gasteiger partial charge in [0.25, 0.3) is 5.22 Å². The molecule has 0 aliphatic carbocycles. The van der Waals surface area contributed by atoms with Gasteiger partial charge in [-0.25, -0.2) is 0 Å². The van der Waals surface area contributed by atoms with E-state index in [1.807, 2.05) is 48.5 Å². The van der Waals surface area contributed by atoms with Crippen LogP contribution in [-0.4, -0.2) is 59.5 Å². The Morgan fingerprint density at radius 2 is 1.88 bits per heavy atom. The fourth-order valence-corrected chi connectivity index (χ4v) is 4.33. The fourth-order valence-electron chi connectivity index (χ4n) is 3.50. The van der Waals surface area contributed by atoms with Gasteiger partial charge in [0.1, 0.15) is 0 Å². The fraction of sp³-hybridized carbons (Fsp3) is 0.261. The molecule has 0 radical (unpaired) electrons. The monoisotopic (exact) mass is 513 g/mol. The number of carbonyl (C=O) groups is 1. The van der Waals surface area contributed by atoms with E-state index in [2.05, 4.69) is 53.9 Å². The van der Waals surface area contributed by atoms with E-state index >= 15 is 0 Å². The molecule has 4 rings (SSSR count). The predicted octanol–water partition coefficient (Wildman–Crippen LogP) is 4.54. The van der Waals surface area contributed by atoms with Crippen molar-refractivity contribution in [2.24, 2.45) is 0 Å². The molecule has 1 fully saturated rings. The van der Waals surface area contributed by atoms with E-state index in [1.54, 1.807) is 0 Å². The molecular formula is C23H24BrN5O2S. The summed E-state index contributed by atoms with van der Waals surface area (Å²) >= 11 is 4.63. The lowest BCUT2D eigenvalue weighted by atomic mass is 10.2. The van der Waals surface area contributed by atoms with Crippen molar-refractivity contribution in [3.05, 3.63) is 65.7 Å². The number of hydrogen-bond acceptors (Lipinski definition) is 7. The first-order valence-corrected chi connectivity index (χ1v) is 12.1. The average Bonchev–Trinajstić information content (AvgIpc) is 3.29. The van der Waals surface area contributed by atoms with Gasteiger partial charge in [-0.3, -0.25) is 9.69 Å². The summed E-state index contributed by atoms with van der Waals surface area (Å²) in [5, 5.41) is 11.5. The van der Waals surface area contributed by atoms with Gasteiger partial charge in [-0.2, -0.15) is 0 Å². The molecule has 1 aromatic heterocycles. The number of nitrogens with zero attached hydrogens (tertiary/aromatic N) is 4. The first-order chi connectivity index (χ1) is 15.6. The molecule has 0 atom stereocenters. The molecule has 1 N–H and O–H groups in total. The summed E-state index contributed by atoms with van der Waals surface area (Å²) in [4.78, 5) is 17.3. The summed E-state index contributed by atoms with van der Waals surface area (Å²) in [6.07, 6.45) is 1.94. The van der Waals surface area contributed by atoms with Crippen LogP contribution in [0.1, 0.15) is 0 Å². The van der Waals surface area contributed by atoms with E-state index in [1.165, 1.54) is 11.8 Å². The maximum absolute atomic E-state index is 12.6. The van der Waals surface area contributed by atoms with Crippen LogP contribution in [0.3, 0.4) is 0 Å². The van der Waals surface area contributed by atoms with Crippen molar-refractivity contribution in [1.29, 1.82) is 0 Å². The Hall–Kier alpha value is -2.62. The van der Waals surface area contributed by atoms with Crippen LogP contribution in [0.4, 0.5) is 11.4 Å². The number of carbonyl (C=O) groups excluding carboxylic acids is 1. The molecule has 0 unspecified atom stereocenters. The molecule has 9 heteroatoms. The highest BCUT2D eigenvalue weighted by molar-refractivity contribution is 9.10. The van der Waals surface area contributed by atoms with Crippen LogP contribution in [0, 0.1) is 0 Å². The minimum Gasteiger partial charge on any atom is -0.411 e. The molecule has 0 spiro atoms. The van der Waals surface area contributed by atoms with Gasteiger partial charge in [-0.15, -0.1) is 16.8 Å². The standard InChI is InChI=1S/C23H24BrN5O2S/c1-2-11-28-12-14-29(15-13-28)20-6-4-3-5-19(20)25-21(30)16-32-23-27-26-22(31-23)17-7-9-18(24)10-8-17/h2-10H,1,11-16H2,(H,25,30). The topological polar surface area (TPSA) is 74.5 Å². The molecule has 7 nitrogen and oxygen atoms in total. The maximum Gasteiger partial charge on any atom is 0.277 e. The third-order valence-electron chi connectivity index (χ3n) is 5.10. The highest BCUT2D eigenvalue weighted by Gasteiger charge is 2.19. The highest BCUT2D eigenvalue weighted by atomic mass is 79.9. The quantitative estimate of drug-likeness (QED) is 0.350. The lowest BCUT2D eigenvalue weighted by molar-refractivity contribution is -0.113. The second kappa shape index (κ2) is 10.8. The summed E-state index contributed by atoms with van der Waals surface area (Å²) in [7, 11) is 0.